The molecule has 8 heteroatoms. The summed E-state index contributed by atoms with van der Waals surface area (Å²) in [5.74, 6) is 1.61. The van der Waals surface area contributed by atoms with E-state index in [1.165, 1.54) is 6.26 Å². The van der Waals surface area contributed by atoms with Crippen LogP contribution in [-0.4, -0.2) is 51.2 Å². The van der Waals surface area contributed by atoms with Crippen LogP contribution < -0.4 is 9.47 Å². The van der Waals surface area contributed by atoms with E-state index < -0.39 is 9.84 Å². The van der Waals surface area contributed by atoms with Gasteiger partial charge in [-0.1, -0.05) is 0 Å². The van der Waals surface area contributed by atoms with Gasteiger partial charge in [-0.25, -0.2) is 13.4 Å². The fraction of sp³-hybridized carbons (Fsp3) is 0.409. The lowest BCUT2D eigenvalue weighted by atomic mass is 10.0. The molecule has 2 aromatic heterocycles. The Bertz CT molecular complexity index is 1160. The van der Waals surface area contributed by atoms with Gasteiger partial charge in [0.25, 0.3) is 0 Å². The number of aromatic nitrogens is 2. The van der Waals surface area contributed by atoms with E-state index in [0.717, 1.165) is 48.1 Å². The van der Waals surface area contributed by atoms with Gasteiger partial charge in [-0.15, -0.1) is 0 Å². The highest BCUT2D eigenvalue weighted by atomic mass is 32.2. The molecule has 0 N–H and O–H groups in total. The first-order chi connectivity index (χ1) is 14.4. The number of aryl methyl sites for hydroxylation is 1. The predicted octanol–water partition coefficient (Wildman–Crippen LogP) is 3.46. The van der Waals surface area contributed by atoms with Crippen LogP contribution in [-0.2, 0) is 21.6 Å². The molecule has 0 bridgehead atoms. The molecule has 3 heterocycles. The third-order valence-corrected chi connectivity index (χ3v) is 6.64. The maximum Gasteiger partial charge on any atom is 0.238 e. The van der Waals surface area contributed by atoms with Crippen molar-refractivity contribution in [1.29, 1.82) is 0 Å². The van der Waals surface area contributed by atoms with Crippen molar-refractivity contribution in [2.24, 2.45) is 13.0 Å². The quantitative estimate of drug-likeness (QED) is 0.596. The number of pyridine rings is 1. The van der Waals surface area contributed by atoms with Crippen LogP contribution in [0.2, 0.25) is 0 Å². The van der Waals surface area contributed by atoms with E-state index in [0.29, 0.717) is 24.2 Å². The van der Waals surface area contributed by atoms with Gasteiger partial charge in [0.15, 0.2) is 9.84 Å². The van der Waals surface area contributed by atoms with Gasteiger partial charge in [-0.2, -0.15) is 0 Å². The molecule has 0 amide bonds. The highest BCUT2D eigenvalue weighted by Gasteiger charge is 2.21. The van der Waals surface area contributed by atoms with Crippen LogP contribution in [0, 0.1) is 5.92 Å². The Morgan fingerprint density at radius 3 is 2.67 bits per heavy atom. The van der Waals surface area contributed by atoms with Crippen molar-refractivity contribution in [3.05, 3.63) is 36.7 Å². The second-order valence-electron chi connectivity index (χ2n) is 7.67. The van der Waals surface area contributed by atoms with E-state index >= 15 is 0 Å². The van der Waals surface area contributed by atoms with Crippen LogP contribution in [0.4, 0.5) is 0 Å². The Labute approximate surface area is 176 Å². The average molecular weight is 431 g/mol. The molecule has 1 fully saturated rings. The lowest BCUT2D eigenvalue weighted by molar-refractivity contribution is 0.0498. The molecule has 1 aromatic carbocycles. The molecule has 0 unspecified atom stereocenters. The molecule has 0 radical (unpaired) electrons. The highest BCUT2D eigenvalue weighted by Crippen LogP contribution is 2.39. The Morgan fingerprint density at radius 2 is 1.97 bits per heavy atom. The summed E-state index contributed by atoms with van der Waals surface area (Å²) in [7, 11) is 0.139. The second kappa shape index (κ2) is 8.28. The molecule has 1 saturated heterocycles. The van der Waals surface area contributed by atoms with E-state index in [2.05, 4.69) is 4.98 Å². The van der Waals surface area contributed by atoms with Crippen molar-refractivity contribution >= 4 is 20.7 Å². The Hall–Kier alpha value is -2.58. The van der Waals surface area contributed by atoms with Gasteiger partial charge in [0, 0.05) is 55.4 Å². The summed E-state index contributed by atoms with van der Waals surface area (Å²) in [4.78, 5) is 4.55. The van der Waals surface area contributed by atoms with Crippen molar-refractivity contribution < 1.29 is 22.6 Å². The van der Waals surface area contributed by atoms with Crippen molar-refractivity contribution in [2.75, 3.05) is 33.2 Å². The highest BCUT2D eigenvalue weighted by molar-refractivity contribution is 7.90. The van der Waals surface area contributed by atoms with Crippen molar-refractivity contribution in [1.82, 2.24) is 9.55 Å². The summed E-state index contributed by atoms with van der Waals surface area (Å²) in [5, 5.41) is 0.922. The maximum absolute atomic E-state index is 12.2. The van der Waals surface area contributed by atoms with Gasteiger partial charge in [0.2, 0.25) is 5.88 Å². The summed E-state index contributed by atoms with van der Waals surface area (Å²) in [6.07, 6.45) is 6.79. The van der Waals surface area contributed by atoms with E-state index in [1.807, 2.05) is 23.9 Å². The molecule has 1 aliphatic rings. The smallest absolute Gasteiger partial charge is 0.238 e. The van der Waals surface area contributed by atoms with E-state index in [1.54, 1.807) is 31.5 Å². The number of fused-ring (bicyclic) bond motifs is 1. The van der Waals surface area contributed by atoms with Gasteiger partial charge in [0.05, 0.1) is 18.6 Å². The Morgan fingerprint density at radius 1 is 1.20 bits per heavy atom. The monoisotopic (exact) mass is 430 g/mol. The van der Waals surface area contributed by atoms with E-state index in [-0.39, 0.29) is 4.90 Å². The minimum absolute atomic E-state index is 0.258. The molecule has 160 valence electrons. The van der Waals surface area contributed by atoms with Gasteiger partial charge in [-0.05, 0) is 43.0 Å². The third-order valence-electron chi connectivity index (χ3n) is 5.53. The minimum Gasteiger partial charge on any atom is -0.493 e. The number of hydrogen-bond acceptors (Lipinski definition) is 6. The van der Waals surface area contributed by atoms with Crippen molar-refractivity contribution in [3.63, 3.8) is 0 Å². The first-order valence-electron chi connectivity index (χ1n) is 9.91. The SMILES string of the molecule is COc1nccc2c(-c3cc(S(C)(=O)=O)ccc3OCC3CCOCC3)cn(C)c12. The van der Waals surface area contributed by atoms with Crippen LogP contribution >= 0.6 is 0 Å². The van der Waals surface area contributed by atoms with Crippen molar-refractivity contribution in [3.8, 4) is 22.8 Å². The molecule has 30 heavy (non-hydrogen) atoms. The molecule has 0 spiro atoms. The second-order valence-corrected chi connectivity index (χ2v) is 9.68. The number of nitrogens with zero attached hydrogens (tertiary/aromatic N) is 2. The molecule has 4 rings (SSSR count). The fourth-order valence-corrected chi connectivity index (χ4v) is 4.53. The largest absolute Gasteiger partial charge is 0.493 e. The van der Waals surface area contributed by atoms with Crippen LogP contribution in [0.3, 0.4) is 0 Å². The first-order valence-corrected chi connectivity index (χ1v) is 11.8. The number of methoxy groups -OCH3 is 1. The minimum atomic E-state index is -3.36. The van der Waals surface area contributed by atoms with Gasteiger partial charge >= 0.3 is 0 Å². The third kappa shape index (κ3) is 4.02. The summed E-state index contributed by atoms with van der Waals surface area (Å²) in [5.41, 5.74) is 2.46. The molecule has 0 atom stereocenters. The van der Waals surface area contributed by atoms with Gasteiger partial charge in [-0.3, -0.25) is 0 Å². The lowest BCUT2D eigenvalue weighted by Gasteiger charge is -2.23. The molecule has 0 saturated carbocycles. The van der Waals surface area contributed by atoms with E-state index in [4.69, 9.17) is 14.2 Å². The standard InChI is InChI=1S/C22H26N2O5S/c1-24-13-19(17-6-9-23-22(27-2)21(17)24)18-12-16(30(3,25)26)4-5-20(18)29-14-15-7-10-28-11-8-15/h4-6,9,12-13,15H,7-8,10-11,14H2,1-3H3. The zero-order valence-electron chi connectivity index (χ0n) is 17.4. The predicted molar refractivity (Wildman–Crippen MR) is 115 cm³/mol. The topological polar surface area (TPSA) is 79.7 Å². The molecule has 0 aliphatic carbocycles. The number of benzene rings is 1. The normalized spacial score (nSPS) is 15.4. The Kier molecular flexibility index (Phi) is 5.71. The number of sulfone groups is 1. The fourth-order valence-electron chi connectivity index (χ4n) is 3.88. The van der Waals surface area contributed by atoms with Gasteiger partial charge < -0.3 is 18.8 Å². The maximum atomic E-state index is 12.2. The lowest BCUT2D eigenvalue weighted by Crippen LogP contribution is -2.21. The van der Waals surface area contributed by atoms with Crippen molar-refractivity contribution in [2.45, 2.75) is 17.7 Å². The summed E-state index contributed by atoms with van der Waals surface area (Å²) in [6.45, 7) is 2.08. The van der Waals surface area contributed by atoms with Crippen LogP contribution in [0.5, 0.6) is 11.6 Å². The molecule has 7 nitrogen and oxygen atoms in total. The zero-order chi connectivity index (χ0) is 21.3. The van der Waals surface area contributed by atoms with E-state index in [9.17, 15) is 8.42 Å². The number of ether oxygens (including phenoxy) is 3. The molecule has 3 aromatic rings. The zero-order valence-corrected chi connectivity index (χ0v) is 18.2. The molecular weight excluding hydrogens is 404 g/mol. The molecular formula is C22H26N2O5S. The summed E-state index contributed by atoms with van der Waals surface area (Å²) < 4.78 is 43.4. The number of hydrogen-bond donors (Lipinski definition) is 0. The summed E-state index contributed by atoms with van der Waals surface area (Å²) in [6, 6.07) is 6.95. The first kappa shape index (κ1) is 20.7. The van der Waals surface area contributed by atoms with Crippen LogP contribution in [0.25, 0.3) is 22.0 Å². The molecule has 1 aliphatic heterocycles. The summed E-state index contributed by atoms with van der Waals surface area (Å²) >= 11 is 0. The number of rotatable bonds is 6. The van der Waals surface area contributed by atoms with Crippen LogP contribution in [0.1, 0.15) is 12.8 Å². The average Bonchev–Trinajstić information content (AvgIpc) is 3.09. The Balaban J connectivity index is 1.81. The van der Waals surface area contributed by atoms with Gasteiger partial charge in [0.1, 0.15) is 11.3 Å². The van der Waals surface area contributed by atoms with Crippen LogP contribution in [0.15, 0.2) is 41.6 Å².